The summed E-state index contributed by atoms with van der Waals surface area (Å²) in [7, 11) is 0. The number of hydrogen-bond acceptors (Lipinski definition) is 3. The van der Waals surface area contributed by atoms with Crippen molar-refractivity contribution in [2.45, 2.75) is 45.1 Å². The van der Waals surface area contributed by atoms with Gasteiger partial charge in [0.15, 0.2) is 0 Å². The molecule has 5 nitrogen and oxygen atoms in total. The third-order valence-corrected chi connectivity index (χ3v) is 5.51. The van der Waals surface area contributed by atoms with Gasteiger partial charge in [-0.15, -0.1) is 0 Å². The second kappa shape index (κ2) is 8.48. The number of amides is 2. The first-order valence-electron chi connectivity index (χ1n) is 9.40. The van der Waals surface area contributed by atoms with Gasteiger partial charge >= 0.3 is 0 Å². The average Bonchev–Trinajstić information content (AvgIpc) is 3.06. The van der Waals surface area contributed by atoms with Gasteiger partial charge in [0.05, 0.1) is 13.0 Å². The normalized spacial score (nSPS) is 18.8. The van der Waals surface area contributed by atoms with Gasteiger partial charge in [0.25, 0.3) is 0 Å². The van der Waals surface area contributed by atoms with Crippen LogP contribution in [0.4, 0.5) is 0 Å². The Balaban J connectivity index is 1.40. The molecule has 2 aliphatic rings. The molecule has 136 valence electrons. The molecule has 0 radical (unpaired) electrons. The number of carbonyl (C=O) groups excluding carboxylic acids is 2. The van der Waals surface area contributed by atoms with Crippen molar-refractivity contribution in [3.8, 4) is 0 Å². The molecule has 3 rings (SSSR count). The molecule has 1 aromatic rings. The fourth-order valence-corrected chi connectivity index (χ4v) is 3.80. The summed E-state index contributed by atoms with van der Waals surface area (Å²) in [4.78, 5) is 28.1. The van der Waals surface area contributed by atoms with Crippen LogP contribution < -0.4 is 0 Å². The lowest BCUT2D eigenvalue weighted by molar-refractivity contribution is -0.131. The Kier molecular flexibility index (Phi) is 6.08. The third-order valence-electron chi connectivity index (χ3n) is 5.51. The average molecular weight is 344 g/mol. The zero-order chi connectivity index (χ0) is 17.6. The fraction of sp³-hybridized carbons (Fsp3) is 0.600. The van der Waals surface area contributed by atoms with Gasteiger partial charge in [-0.1, -0.05) is 24.3 Å². The van der Waals surface area contributed by atoms with E-state index >= 15 is 0 Å². The monoisotopic (exact) mass is 344 g/mol. The van der Waals surface area contributed by atoms with Crippen LogP contribution in [0.3, 0.4) is 0 Å². The van der Waals surface area contributed by atoms with E-state index < -0.39 is 0 Å². The van der Waals surface area contributed by atoms with E-state index in [1.54, 1.807) is 0 Å². The van der Waals surface area contributed by atoms with Gasteiger partial charge in [-0.25, -0.2) is 0 Å². The lowest BCUT2D eigenvalue weighted by Crippen LogP contribution is -2.40. The molecule has 2 saturated heterocycles. The van der Waals surface area contributed by atoms with E-state index in [1.165, 1.54) is 0 Å². The highest BCUT2D eigenvalue weighted by molar-refractivity contribution is 5.79. The standard InChI is InChI=1S/C20H28N2O3/c23-15-18-5-3-17(4-6-18)14-20(25)22-12-8-16(9-13-22)7-11-21-10-1-2-19(21)24/h3-6,16,23H,1-2,7-15H2. The van der Waals surface area contributed by atoms with Gasteiger partial charge in [0, 0.05) is 32.6 Å². The van der Waals surface area contributed by atoms with Crippen molar-refractivity contribution in [2.75, 3.05) is 26.2 Å². The van der Waals surface area contributed by atoms with Crippen molar-refractivity contribution in [3.05, 3.63) is 35.4 Å². The van der Waals surface area contributed by atoms with Crippen LogP contribution in [0.25, 0.3) is 0 Å². The van der Waals surface area contributed by atoms with Crippen molar-refractivity contribution in [1.82, 2.24) is 9.80 Å². The summed E-state index contributed by atoms with van der Waals surface area (Å²) in [6.45, 7) is 3.49. The van der Waals surface area contributed by atoms with Gasteiger partial charge in [-0.2, -0.15) is 0 Å². The van der Waals surface area contributed by atoms with Crippen molar-refractivity contribution >= 4 is 11.8 Å². The molecule has 25 heavy (non-hydrogen) atoms. The molecule has 0 unspecified atom stereocenters. The van der Waals surface area contributed by atoms with Gasteiger partial charge in [-0.05, 0) is 42.7 Å². The second-order valence-electron chi connectivity index (χ2n) is 7.25. The lowest BCUT2D eigenvalue weighted by atomic mass is 9.93. The predicted molar refractivity (Wildman–Crippen MR) is 95.8 cm³/mol. The van der Waals surface area contributed by atoms with Crippen molar-refractivity contribution in [3.63, 3.8) is 0 Å². The highest BCUT2D eigenvalue weighted by Gasteiger charge is 2.25. The quantitative estimate of drug-likeness (QED) is 0.858. The van der Waals surface area contributed by atoms with Crippen LogP contribution in [0.5, 0.6) is 0 Å². The molecule has 0 aromatic heterocycles. The van der Waals surface area contributed by atoms with E-state index in [9.17, 15) is 9.59 Å². The van der Waals surface area contributed by atoms with E-state index in [4.69, 9.17) is 5.11 Å². The van der Waals surface area contributed by atoms with Crippen LogP contribution in [0.15, 0.2) is 24.3 Å². The molecule has 0 atom stereocenters. The predicted octanol–water partition coefficient (Wildman–Crippen LogP) is 1.97. The van der Waals surface area contributed by atoms with E-state index in [1.807, 2.05) is 34.1 Å². The maximum absolute atomic E-state index is 12.5. The Bertz CT molecular complexity index is 591. The maximum atomic E-state index is 12.5. The summed E-state index contributed by atoms with van der Waals surface area (Å²) in [5.74, 6) is 1.12. The minimum atomic E-state index is 0.0325. The Morgan fingerprint density at radius 3 is 2.36 bits per heavy atom. The van der Waals surface area contributed by atoms with E-state index in [-0.39, 0.29) is 12.5 Å². The lowest BCUT2D eigenvalue weighted by Gasteiger charge is -2.33. The highest BCUT2D eigenvalue weighted by Crippen LogP contribution is 2.22. The number of nitrogens with zero attached hydrogens (tertiary/aromatic N) is 2. The number of likely N-dealkylation sites (tertiary alicyclic amines) is 2. The van der Waals surface area contributed by atoms with Crippen LogP contribution >= 0.6 is 0 Å². The molecular formula is C20H28N2O3. The summed E-state index contributed by atoms with van der Waals surface area (Å²) >= 11 is 0. The van der Waals surface area contributed by atoms with Gasteiger partial charge in [-0.3, -0.25) is 9.59 Å². The minimum Gasteiger partial charge on any atom is -0.392 e. The smallest absolute Gasteiger partial charge is 0.226 e. The molecule has 2 aliphatic heterocycles. The van der Waals surface area contributed by atoms with E-state index in [2.05, 4.69) is 0 Å². The SMILES string of the molecule is O=C1CCCN1CCC1CCN(C(=O)Cc2ccc(CO)cc2)CC1. The number of hydrogen-bond donors (Lipinski definition) is 1. The molecule has 2 heterocycles. The molecule has 1 aromatic carbocycles. The van der Waals surface area contributed by atoms with E-state index in [0.717, 1.165) is 63.0 Å². The summed E-state index contributed by atoms with van der Waals surface area (Å²) in [6.07, 6.45) is 5.29. The van der Waals surface area contributed by atoms with Crippen LogP contribution in [0, 0.1) is 5.92 Å². The molecule has 2 amide bonds. The van der Waals surface area contributed by atoms with Crippen LogP contribution in [0.1, 0.15) is 43.2 Å². The summed E-state index contributed by atoms with van der Waals surface area (Å²) in [5.41, 5.74) is 1.87. The molecule has 0 spiro atoms. The molecule has 5 heteroatoms. The number of aliphatic hydroxyl groups is 1. The van der Waals surface area contributed by atoms with Gasteiger partial charge < -0.3 is 14.9 Å². The number of benzene rings is 1. The summed E-state index contributed by atoms with van der Waals surface area (Å²) in [5, 5.41) is 9.07. The van der Waals surface area contributed by atoms with Crippen molar-refractivity contribution in [2.24, 2.45) is 5.92 Å². The number of rotatable bonds is 6. The Morgan fingerprint density at radius 1 is 1.08 bits per heavy atom. The van der Waals surface area contributed by atoms with E-state index in [0.29, 0.717) is 24.7 Å². The minimum absolute atomic E-state index is 0.0325. The van der Waals surface area contributed by atoms with Crippen LogP contribution in [-0.2, 0) is 22.6 Å². The Hall–Kier alpha value is -1.88. The van der Waals surface area contributed by atoms with Crippen molar-refractivity contribution in [1.29, 1.82) is 0 Å². The molecule has 1 N–H and O–H groups in total. The van der Waals surface area contributed by atoms with Crippen molar-refractivity contribution < 1.29 is 14.7 Å². The third kappa shape index (κ3) is 4.82. The first kappa shape index (κ1) is 17.9. The number of carbonyl (C=O) groups is 2. The Labute approximate surface area is 149 Å². The summed E-state index contributed by atoms with van der Waals surface area (Å²) in [6, 6.07) is 7.58. The first-order valence-corrected chi connectivity index (χ1v) is 9.40. The van der Waals surface area contributed by atoms with Crippen LogP contribution in [-0.4, -0.2) is 52.9 Å². The largest absolute Gasteiger partial charge is 0.392 e. The molecule has 0 bridgehead atoms. The highest BCUT2D eigenvalue weighted by atomic mass is 16.3. The molecule has 2 fully saturated rings. The topological polar surface area (TPSA) is 60.9 Å². The second-order valence-corrected chi connectivity index (χ2v) is 7.25. The maximum Gasteiger partial charge on any atom is 0.226 e. The molecule has 0 saturated carbocycles. The van der Waals surface area contributed by atoms with Gasteiger partial charge in [0.2, 0.25) is 11.8 Å². The van der Waals surface area contributed by atoms with Gasteiger partial charge in [0.1, 0.15) is 0 Å². The summed E-state index contributed by atoms with van der Waals surface area (Å²) < 4.78 is 0. The number of piperidine rings is 1. The first-order chi connectivity index (χ1) is 12.2. The zero-order valence-electron chi connectivity index (χ0n) is 14.8. The van der Waals surface area contributed by atoms with Crippen LogP contribution in [0.2, 0.25) is 0 Å². The molecule has 0 aliphatic carbocycles. The Morgan fingerprint density at radius 2 is 1.76 bits per heavy atom. The molecular weight excluding hydrogens is 316 g/mol. The fourth-order valence-electron chi connectivity index (χ4n) is 3.80. The number of aliphatic hydroxyl groups excluding tert-OH is 1. The zero-order valence-corrected chi connectivity index (χ0v) is 14.8.